The highest BCUT2D eigenvalue weighted by atomic mass is 32.1. The number of amides is 1. The SMILES string of the molecule is Cc1ccc(/C(O)=C2/C(=O)C(=O)N(C3CCCC3)C2c2sccc2C)cc1. The highest BCUT2D eigenvalue weighted by Crippen LogP contribution is 2.45. The normalized spacial score (nSPS) is 22.7. The summed E-state index contributed by atoms with van der Waals surface area (Å²) in [5, 5.41) is 13.0. The number of aryl methyl sites for hydroxylation is 2. The first-order chi connectivity index (χ1) is 13.0. The van der Waals surface area contributed by atoms with Crippen molar-refractivity contribution in [2.24, 2.45) is 0 Å². The first-order valence-corrected chi connectivity index (χ1v) is 10.3. The van der Waals surface area contributed by atoms with Crippen molar-refractivity contribution in [1.29, 1.82) is 0 Å². The van der Waals surface area contributed by atoms with E-state index >= 15 is 0 Å². The molecule has 2 aromatic rings. The van der Waals surface area contributed by atoms with Crippen molar-refractivity contribution in [3.63, 3.8) is 0 Å². The van der Waals surface area contributed by atoms with Gasteiger partial charge in [0.15, 0.2) is 0 Å². The van der Waals surface area contributed by atoms with Crippen molar-refractivity contribution < 1.29 is 14.7 Å². The highest BCUT2D eigenvalue weighted by Gasteiger charge is 2.49. The van der Waals surface area contributed by atoms with E-state index < -0.39 is 17.7 Å². The van der Waals surface area contributed by atoms with E-state index in [1.54, 1.807) is 28.4 Å². The molecule has 1 aromatic carbocycles. The molecule has 4 nitrogen and oxygen atoms in total. The van der Waals surface area contributed by atoms with Gasteiger partial charge in [0.05, 0.1) is 5.57 Å². The number of aliphatic hydroxyl groups excluding tert-OH is 1. The van der Waals surface area contributed by atoms with Crippen LogP contribution in [0.25, 0.3) is 5.76 Å². The maximum absolute atomic E-state index is 13.0. The third-order valence-electron chi connectivity index (χ3n) is 5.67. The summed E-state index contributed by atoms with van der Waals surface area (Å²) in [4.78, 5) is 28.6. The second-order valence-corrected chi connectivity index (χ2v) is 8.43. The van der Waals surface area contributed by atoms with Gasteiger partial charge in [-0.2, -0.15) is 0 Å². The van der Waals surface area contributed by atoms with Gasteiger partial charge in [-0.25, -0.2) is 0 Å². The molecule has 1 unspecified atom stereocenters. The molecular formula is C22H23NO3S. The number of carbonyl (C=O) groups is 2. The molecule has 0 radical (unpaired) electrons. The van der Waals surface area contributed by atoms with Gasteiger partial charge in [0, 0.05) is 16.5 Å². The molecule has 0 bridgehead atoms. The molecule has 1 aliphatic heterocycles. The largest absolute Gasteiger partial charge is 0.507 e. The van der Waals surface area contributed by atoms with Crippen molar-refractivity contribution >= 4 is 28.8 Å². The molecule has 1 saturated heterocycles. The van der Waals surface area contributed by atoms with Gasteiger partial charge in [-0.1, -0.05) is 42.7 Å². The number of rotatable bonds is 3. The molecule has 0 spiro atoms. The standard InChI is InChI=1S/C22H23NO3S/c1-13-7-9-15(10-8-13)19(24)17-18(21-14(2)11-12-27-21)23(22(26)20(17)25)16-5-3-4-6-16/h7-12,16,18,24H,3-6H2,1-2H3/b19-17-. The van der Waals surface area contributed by atoms with Crippen LogP contribution in [0, 0.1) is 13.8 Å². The average molecular weight is 381 g/mol. The molecule has 2 heterocycles. The van der Waals surface area contributed by atoms with E-state index in [0.717, 1.165) is 41.7 Å². The summed E-state index contributed by atoms with van der Waals surface area (Å²) >= 11 is 1.54. The summed E-state index contributed by atoms with van der Waals surface area (Å²) in [6.07, 6.45) is 3.97. The fourth-order valence-corrected chi connectivity index (χ4v) is 5.23. The minimum Gasteiger partial charge on any atom is -0.507 e. The minimum atomic E-state index is -0.572. The Morgan fingerprint density at radius 1 is 1.07 bits per heavy atom. The number of nitrogens with zero attached hydrogens (tertiary/aromatic N) is 1. The van der Waals surface area contributed by atoms with Gasteiger partial charge in [-0.15, -0.1) is 11.3 Å². The Labute approximate surface area is 163 Å². The quantitative estimate of drug-likeness (QED) is 0.475. The van der Waals surface area contributed by atoms with Crippen LogP contribution in [-0.4, -0.2) is 27.7 Å². The summed E-state index contributed by atoms with van der Waals surface area (Å²) in [5.41, 5.74) is 2.92. The molecule has 140 valence electrons. The molecule has 1 amide bonds. The van der Waals surface area contributed by atoms with Crippen LogP contribution < -0.4 is 0 Å². The zero-order valence-electron chi connectivity index (χ0n) is 15.6. The van der Waals surface area contributed by atoms with E-state index in [9.17, 15) is 14.7 Å². The Balaban J connectivity index is 1.89. The third-order valence-corrected chi connectivity index (χ3v) is 6.74. The van der Waals surface area contributed by atoms with Gasteiger partial charge >= 0.3 is 0 Å². The third kappa shape index (κ3) is 3.00. The number of thiophene rings is 1. The highest BCUT2D eigenvalue weighted by molar-refractivity contribution is 7.10. The lowest BCUT2D eigenvalue weighted by Gasteiger charge is -2.30. The van der Waals surface area contributed by atoms with Crippen LogP contribution >= 0.6 is 11.3 Å². The van der Waals surface area contributed by atoms with Crippen LogP contribution in [0.2, 0.25) is 0 Å². The molecular weight excluding hydrogens is 358 g/mol. The second kappa shape index (κ2) is 6.97. The molecule has 1 aromatic heterocycles. The molecule has 1 saturated carbocycles. The Bertz CT molecular complexity index is 919. The number of aliphatic hydroxyl groups is 1. The molecule has 1 aliphatic carbocycles. The van der Waals surface area contributed by atoms with E-state index in [-0.39, 0.29) is 17.4 Å². The van der Waals surface area contributed by atoms with Crippen molar-refractivity contribution in [3.05, 3.63) is 62.9 Å². The monoisotopic (exact) mass is 381 g/mol. The minimum absolute atomic E-state index is 0.0660. The Morgan fingerprint density at radius 3 is 2.33 bits per heavy atom. The summed E-state index contributed by atoms with van der Waals surface area (Å²) in [7, 11) is 0. The first-order valence-electron chi connectivity index (χ1n) is 9.40. The predicted octanol–water partition coefficient (Wildman–Crippen LogP) is 4.73. The summed E-state index contributed by atoms with van der Waals surface area (Å²) in [5.74, 6) is -1.13. The fraction of sp³-hybridized carbons (Fsp3) is 0.364. The van der Waals surface area contributed by atoms with E-state index in [1.165, 1.54) is 0 Å². The zero-order valence-corrected chi connectivity index (χ0v) is 16.4. The van der Waals surface area contributed by atoms with Crippen LogP contribution in [0.15, 0.2) is 41.3 Å². The molecule has 4 rings (SSSR count). The van der Waals surface area contributed by atoms with Crippen LogP contribution in [-0.2, 0) is 9.59 Å². The lowest BCUT2D eigenvalue weighted by molar-refractivity contribution is -0.141. The second-order valence-electron chi connectivity index (χ2n) is 7.48. The van der Waals surface area contributed by atoms with E-state index in [4.69, 9.17) is 0 Å². The molecule has 1 N–H and O–H groups in total. The van der Waals surface area contributed by atoms with Gasteiger partial charge in [-0.3, -0.25) is 9.59 Å². The topological polar surface area (TPSA) is 57.6 Å². The number of benzene rings is 1. The van der Waals surface area contributed by atoms with E-state index in [2.05, 4.69) is 0 Å². The maximum Gasteiger partial charge on any atom is 0.295 e. The summed E-state index contributed by atoms with van der Waals surface area (Å²) in [6, 6.07) is 8.96. The number of ketones is 1. The predicted molar refractivity (Wildman–Crippen MR) is 107 cm³/mol. The lowest BCUT2D eigenvalue weighted by atomic mass is 9.97. The Hall–Kier alpha value is -2.40. The summed E-state index contributed by atoms with van der Waals surface area (Å²) in [6.45, 7) is 3.96. The Kier molecular flexibility index (Phi) is 4.64. The van der Waals surface area contributed by atoms with Gasteiger partial charge in [-0.05, 0) is 43.7 Å². The van der Waals surface area contributed by atoms with Crippen molar-refractivity contribution in [2.45, 2.75) is 51.6 Å². The van der Waals surface area contributed by atoms with Crippen LogP contribution in [0.4, 0.5) is 0 Å². The van der Waals surface area contributed by atoms with Gasteiger partial charge < -0.3 is 10.0 Å². The average Bonchev–Trinajstić information content (AvgIpc) is 3.37. The van der Waals surface area contributed by atoms with Gasteiger partial charge in [0.25, 0.3) is 11.7 Å². The van der Waals surface area contributed by atoms with E-state index in [1.807, 2.05) is 37.4 Å². The van der Waals surface area contributed by atoms with Crippen LogP contribution in [0.3, 0.4) is 0 Å². The van der Waals surface area contributed by atoms with Gasteiger partial charge in [0.2, 0.25) is 0 Å². The van der Waals surface area contributed by atoms with Crippen LogP contribution in [0.1, 0.15) is 53.3 Å². The first kappa shape index (κ1) is 18.0. The van der Waals surface area contributed by atoms with Crippen molar-refractivity contribution in [1.82, 2.24) is 4.90 Å². The van der Waals surface area contributed by atoms with Crippen molar-refractivity contribution in [3.8, 4) is 0 Å². The number of hydrogen-bond acceptors (Lipinski definition) is 4. The molecule has 2 aliphatic rings. The zero-order chi connectivity index (χ0) is 19.1. The smallest absolute Gasteiger partial charge is 0.295 e. The number of hydrogen-bond donors (Lipinski definition) is 1. The van der Waals surface area contributed by atoms with E-state index in [0.29, 0.717) is 5.56 Å². The van der Waals surface area contributed by atoms with Crippen LogP contribution in [0.5, 0.6) is 0 Å². The number of Topliss-reactive ketones (excluding diaryl/α,β-unsaturated/α-hetero) is 1. The van der Waals surface area contributed by atoms with Gasteiger partial charge in [0.1, 0.15) is 11.8 Å². The number of likely N-dealkylation sites (tertiary alicyclic amines) is 1. The maximum atomic E-state index is 13.0. The number of carbonyl (C=O) groups excluding carboxylic acids is 2. The van der Waals surface area contributed by atoms with Crippen molar-refractivity contribution in [2.75, 3.05) is 0 Å². The molecule has 5 heteroatoms. The molecule has 27 heavy (non-hydrogen) atoms. The molecule has 1 atom stereocenters. The Morgan fingerprint density at radius 2 is 1.74 bits per heavy atom. The lowest BCUT2D eigenvalue weighted by Crippen LogP contribution is -2.37. The fourth-order valence-electron chi connectivity index (χ4n) is 4.20. The summed E-state index contributed by atoms with van der Waals surface area (Å²) < 4.78 is 0. The molecule has 2 fully saturated rings.